The molecule has 0 unspecified atom stereocenters. The van der Waals surface area contributed by atoms with Gasteiger partial charge in [-0.15, -0.1) is 0 Å². The Labute approximate surface area is 122 Å². The summed E-state index contributed by atoms with van der Waals surface area (Å²) < 4.78 is 2.64. The highest BCUT2D eigenvalue weighted by atomic mass is 16.2. The van der Waals surface area contributed by atoms with Crippen molar-refractivity contribution >= 4 is 5.82 Å². The first kappa shape index (κ1) is 15.0. The summed E-state index contributed by atoms with van der Waals surface area (Å²) in [5.41, 5.74) is -0.0928. The molecule has 2 aromatic rings. The molecule has 7 heteroatoms. The van der Waals surface area contributed by atoms with Crippen LogP contribution in [-0.2, 0) is 13.1 Å². The number of aromatic nitrogens is 4. The lowest BCUT2D eigenvalue weighted by Gasteiger charge is -2.08. The molecule has 0 bridgehead atoms. The number of aryl methyl sites for hydroxylation is 1. The highest BCUT2D eigenvalue weighted by Crippen LogP contribution is 2.01. The smallest absolute Gasteiger partial charge is 0.331 e. The Kier molecular flexibility index (Phi) is 4.86. The molecule has 0 aliphatic carbocycles. The first-order valence-electron chi connectivity index (χ1n) is 7.00. The van der Waals surface area contributed by atoms with E-state index in [0.717, 1.165) is 17.5 Å². The molecule has 7 nitrogen and oxygen atoms in total. The molecule has 0 radical (unpaired) electrons. The first-order valence-corrected chi connectivity index (χ1v) is 7.00. The zero-order chi connectivity index (χ0) is 15.2. The predicted molar refractivity (Wildman–Crippen MR) is 80.6 cm³/mol. The van der Waals surface area contributed by atoms with Crippen LogP contribution in [0.2, 0.25) is 0 Å². The van der Waals surface area contributed by atoms with Crippen LogP contribution in [0.4, 0.5) is 5.82 Å². The lowest BCUT2D eigenvalue weighted by Crippen LogP contribution is -2.39. The maximum atomic E-state index is 12.1. The van der Waals surface area contributed by atoms with Gasteiger partial charge in [0.25, 0.3) is 5.56 Å². The molecule has 0 aromatic carbocycles. The fraction of sp³-hybridized carbons (Fsp3) is 0.429. The average molecular weight is 289 g/mol. The summed E-state index contributed by atoms with van der Waals surface area (Å²) in [5, 5.41) is 3.12. The zero-order valence-corrected chi connectivity index (χ0v) is 12.2. The Morgan fingerprint density at radius 2 is 2.00 bits per heavy atom. The molecule has 0 saturated heterocycles. The summed E-state index contributed by atoms with van der Waals surface area (Å²) in [4.78, 5) is 32.4. The van der Waals surface area contributed by atoms with Crippen LogP contribution in [0.5, 0.6) is 0 Å². The molecule has 0 aliphatic heterocycles. The third-order valence-electron chi connectivity index (χ3n) is 3.06. The van der Waals surface area contributed by atoms with E-state index in [1.165, 1.54) is 16.8 Å². The largest absolute Gasteiger partial charge is 0.369 e. The van der Waals surface area contributed by atoms with Crippen molar-refractivity contribution in [2.24, 2.45) is 0 Å². The van der Waals surface area contributed by atoms with E-state index >= 15 is 0 Å². The quantitative estimate of drug-likeness (QED) is 0.846. The van der Waals surface area contributed by atoms with Crippen molar-refractivity contribution in [1.29, 1.82) is 0 Å². The monoisotopic (exact) mass is 289 g/mol. The zero-order valence-electron chi connectivity index (χ0n) is 12.2. The van der Waals surface area contributed by atoms with Gasteiger partial charge in [-0.2, -0.15) is 0 Å². The molecular formula is C14H19N5O2. The molecule has 21 heavy (non-hydrogen) atoms. The molecule has 0 fully saturated rings. The molecule has 2 aromatic heterocycles. The normalized spacial score (nSPS) is 10.6. The molecular weight excluding hydrogens is 270 g/mol. The van der Waals surface area contributed by atoms with E-state index in [2.05, 4.69) is 22.2 Å². The molecule has 0 aliphatic rings. The van der Waals surface area contributed by atoms with Gasteiger partial charge >= 0.3 is 5.69 Å². The van der Waals surface area contributed by atoms with Gasteiger partial charge in [-0.05, 0) is 13.3 Å². The van der Waals surface area contributed by atoms with Crippen molar-refractivity contribution in [1.82, 2.24) is 19.1 Å². The minimum absolute atomic E-state index is 0.125. The van der Waals surface area contributed by atoms with Gasteiger partial charge in [0, 0.05) is 25.4 Å². The van der Waals surface area contributed by atoms with Gasteiger partial charge in [0.05, 0.1) is 24.6 Å². The highest BCUT2D eigenvalue weighted by Gasteiger charge is 2.06. The molecule has 2 rings (SSSR count). The van der Waals surface area contributed by atoms with Crippen molar-refractivity contribution < 1.29 is 0 Å². The molecule has 2 heterocycles. The van der Waals surface area contributed by atoms with Crippen LogP contribution in [0, 0.1) is 0 Å². The Bertz CT molecular complexity index is 703. The first-order chi connectivity index (χ1) is 10.2. The third kappa shape index (κ3) is 3.56. The van der Waals surface area contributed by atoms with E-state index in [1.807, 2.05) is 6.92 Å². The fourth-order valence-electron chi connectivity index (χ4n) is 1.89. The van der Waals surface area contributed by atoms with Gasteiger partial charge in [0.1, 0.15) is 5.82 Å². The molecule has 0 amide bonds. The van der Waals surface area contributed by atoms with E-state index in [0.29, 0.717) is 18.1 Å². The maximum absolute atomic E-state index is 12.1. The Balaban J connectivity index is 2.22. The number of nitrogens with one attached hydrogen (secondary N) is 1. The summed E-state index contributed by atoms with van der Waals surface area (Å²) in [5.74, 6) is 0.687. The molecule has 1 N–H and O–H groups in total. The van der Waals surface area contributed by atoms with Crippen LogP contribution in [0.3, 0.4) is 0 Å². The second-order valence-corrected chi connectivity index (χ2v) is 4.63. The van der Waals surface area contributed by atoms with Crippen molar-refractivity contribution in [2.75, 3.05) is 11.9 Å². The second kappa shape index (κ2) is 6.83. The minimum Gasteiger partial charge on any atom is -0.369 e. The van der Waals surface area contributed by atoms with Gasteiger partial charge in [-0.1, -0.05) is 6.92 Å². The van der Waals surface area contributed by atoms with E-state index < -0.39 is 0 Å². The van der Waals surface area contributed by atoms with Crippen molar-refractivity contribution in [3.05, 3.63) is 51.2 Å². The number of anilines is 1. The van der Waals surface area contributed by atoms with Crippen LogP contribution in [0.15, 0.2) is 34.2 Å². The minimum atomic E-state index is -0.334. The Morgan fingerprint density at radius 3 is 2.62 bits per heavy atom. The SMILES string of the molecule is CCCNc1cnc(Cn2c(=O)ccn(CC)c2=O)cn1. The molecule has 0 saturated carbocycles. The molecule has 0 atom stereocenters. The predicted octanol–water partition coefficient (Wildman–Crippen LogP) is 0.690. The number of rotatable bonds is 6. The van der Waals surface area contributed by atoms with E-state index in [-0.39, 0.29) is 17.8 Å². The number of hydrogen-bond acceptors (Lipinski definition) is 5. The summed E-state index contributed by atoms with van der Waals surface area (Å²) in [6, 6.07) is 1.38. The van der Waals surface area contributed by atoms with Gasteiger partial charge in [-0.3, -0.25) is 14.3 Å². The lowest BCUT2D eigenvalue weighted by atomic mass is 10.4. The van der Waals surface area contributed by atoms with Crippen LogP contribution >= 0.6 is 0 Å². The van der Waals surface area contributed by atoms with Gasteiger partial charge in [0.2, 0.25) is 0 Å². The van der Waals surface area contributed by atoms with Crippen LogP contribution in [0.25, 0.3) is 0 Å². The molecule has 112 valence electrons. The van der Waals surface area contributed by atoms with Gasteiger partial charge in [0.15, 0.2) is 0 Å². The van der Waals surface area contributed by atoms with Crippen molar-refractivity contribution in [3.63, 3.8) is 0 Å². The summed E-state index contributed by atoms with van der Waals surface area (Å²) >= 11 is 0. The van der Waals surface area contributed by atoms with Crippen molar-refractivity contribution in [3.8, 4) is 0 Å². The van der Waals surface area contributed by atoms with E-state index in [4.69, 9.17) is 0 Å². The van der Waals surface area contributed by atoms with Crippen molar-refractivity contribution in [2.45, 2.75) is 33.4 Å². The number of hydrogen-bond donors (Lipinski definition) is 1. The van der Waals surface area contributed by atoms with E-state index in [9.17, 15) is 9.59 Å². The molecule has 0 spiro atoms. The highest BCUT2D eigenvalue weighted by molar-refractivity contribution is 5.30. The summed E-state index contributed by atoms with van der Waals surface area (Å²) in [6.45, 7) is 5.39. The Morgan fingerprint density at radius 1 is 1.19 bits per heavy atom. The topological polar surface area (TPSA) is 81.8 Å². The van der Waals surface area contributed by atoms with Gasteiger partial charge in [-0.25, -0.2) is 9.78 Å². The fourth-order valence-corrected chi connectivity index (χ4v) is 1.89. The van der Waals surface area contributed by atoms with Crippen LogP contribution in [-0.4, -0.2) is 25.6 Å². The van der Waals surface area contributed by atoms with Crippen LogP contribution in [0.1, 0.15) is 26.0 Å². The second-order valence-electron chi connectivity index (χ2n) is 4.63. The standard InChI is InChI=1S/C14H19N5O2/c1-3-6-15-12-9-16-11(8-17-12)10-19-13(20)5-7-18(4-2)14(19)21/h5,7-9H,3-4,6,10H2,1-2H3,(H,15,17). The Hall–Kier alpha value is -2.44. The van der Waals surface area contributed by atoms with Crippen LogP contribution < -0.4 is 16.6 Å². The van der Waals surface area contributed by atoms with Gasteiger partial charge < -0.3 is 9.88 Å². The van der Waals surface area contributed by atoms with E-state index in [1.54, 1.807) is 12.4 Å². The average Bonchev–Trinajstić information content (AvgIpc) is 2.51. The maximum Gasteiger partial charge on any atom is 0.331 e. The summed E-state index contributed by atoms with van der Waals surface area (Å²) in [6.07, 6.45) is 5.69. The number of nitrogens with zero attached hydrogens (tertiary/aromatic N) is 4. The summed E-state index contributed by atoms with van der Waals surface area (Å²) in [7, 11) is 0. The lowest BCUT2D eigenvalue weighted by molar-refractivity contribution is 0.593. The third-order valence-corrected chi connectivity index (χ3v) is 3.06.